The number of nitrogens with one attached hydrogen (secondary N) is 2. The van der Waals surface area contributed by atoms with Gasteiger partial charge in [0.15, 0.2) is 6.10 Å². The number of sulfonamides is 1. The summed E-state index contributed by atoms with van der Waals surface area (Å²) in [6.45, 7) is 4.91. The average molecular weight is 354 g/mol. The molecule has 0 fully saturated rings. The molecule has 8 heteroatoms. The van der Waals surface area contributed by atoms with Crippen molar-refractivity contribution in [1.82, 2.24) is 10.0 Å². The van der Waals surface area contributed by atoms with Gasteiger partial charge in [-0.05, 0) is 32.4 Å². The van der Waals surface area contributed by atoms with E-state index in [2.05, 4.69) is 10.0 Å². The summed E-state index contributed by atoms with van der Waals surface area (Å²) in [5, 5.41) is 3.48. The lowest BCUT2D eigenvalue weighted by Crippen LogP contribution is -2.42. The molecule has 1 rings (SSSR count). The molecule has 1 amide bonds. The quantitative estimate of drug-likeness (QED) is 0.679. The molecule has 24 heavy (non-hydrogen) atoms. The number of hydrogen-bond donors (Lipinski definition) is 2. The number of rotatable bonds is 8. The molecule has 0 saturated heterocycles. The SMILES string of the molecule is CCNC(=O)[C@@H](C)OC(=O)[C@H](C)NS(=O)(=O)/C=C/c1ccccc1. The maximum atomic E-state index is 12.0. The number of carbonyl (C=O) groups is 2. The molecule has 7 nitrogen and oxygen atoms in total. The molecular formula is C16H22N2O5S. The van der Waals surface area contributed by atoms with Gasteiger partial charge < -0.3 is 10.1 Å². The molecule has 0 bridgehead atoms. The van der Waals surface area contributed by atoms with Gasteiger partial charge in [-0.25, -0.2) is 8.42 Å². The van der Waals surface area contributed by atoms with Crippen molar-refractivity contribution in [2.75, 3.05) is 6.54 Å². The minimum absolute atomic E-state index is 0.410. The molecule has 0 aliphatic carbocycles. The first-order valence-corrected chi connectivity index (χ1v) is 9.03. The highest BCUT2D eigenvalue weighted by atomic mass is 32.2. The lowest BCUT2D eigenvalue weighted by Gasteiger charge is -2.16. The first-order chi connectivity index (χ1) is 11.2. The maximum absolute atomic E-state index is 12.0. The van der Waals surface area contributed by atoms with Crippen LogP contribution in [0.1, 0.15) is 26.3 Å². The summed E-state index contributed by atoms with van der Waals surface area (Å²) in [7, 11) is -3.82. The highest BCUT2D eigenvalue weighted by Gasteiger charge is 2.24. The Bertz CT molecular complexity index is 686. The highest BCUT2D eigenvalue weighted by Crippen LogP contribution is 2.04. The third-order valence-corrected chi connectivity index (χ3v) is 4.12. The van der Waals surface area contributed by atoms with Crippen LogP contribution < -0.4 is 10.0 Å². The number of carbonyl (C=O) groups excluding carboxylic acids is 2. The second-order valence-corrected chi connectivity index (χ2v) is 6.67. The van der Waals surface area contributed by atoms with Gasteiger partial charge >= 0.3 is 5.97 Å². The Hall–Kier alpha value is -2.19. The summed E-state index contributed by atoms with van der Waals surface area (Å²) in [6, 6.07) is 7.76. The summed E-state index contributed by atoms with van der Waals surface area (Å²) < 4.78 is 31.0. The largest absolute Gasteiger partial charge is 0.451 e. The van der Waals surface area contributed by atoms with E-state index in [9.17, 15) is 18.0 Å². The summed E-state index contributed by atoms with van der Waals surface area (Å²) in [5.74, 6) is -1.27. The van der Waals surface area contributed by atoms with Gasteiger partial charge in [-0.15, -0.1) is 0 Å². The van der Waals surface area contributed by atoms with Crippen LogP contribution in [0.5, 0.6) is 0 Å². The number of hydrogen-bond acceptors (Lipinski definition) is 5. The van der Waals surface area contributed by atoms with E-state index >= 15 is 0 Å². The van der Waals surface area contributed by atoms with E-state index in [1.54, 1.807) is 31.2 Å². The van der Waals surface area contributed by atoms with E-state index in [0.29, 0.717) is 12.1 Å². The van der Waals surface area contributed by atoms with E-state index in [1.807, 2.05) is 6.07 Å². The molecular weight excluding hydrogens is 332 g/mol. The molecule has 1 aromatic rings. The Labute approximate surface area is 142 Å². The van der Waals surface area contributed by atoms with Gasteiger partial charge in [-0.1, -0.05) is 30.3 Å². The molecule has 2 atom stereocenters. The molecule has 0 heterocycles. The topological polar surface area (TPSA) is 102 Å². The molecule has 0 aliphatic rings. The van der Waals surface area contributed by atoms with E-state index in [1.165, 1.54) is 19.9 Å². The Morgan fingerprint density at radius 2 is 1.83 bits per heavy atom. The van der Waals surface area contributed by atoms with Crippen LogP contribution in [0.15, 0.2) is 35.7 Å². The zero-order chi connectivity index (χ0) is 18.2. The third-order valence-electron chi connectivity index (χ3n) is 2.95. The van der Waals surface area contributed by atoms with E-state index in [4.69, 9.17) is 4.74 Å². The van der Waals surface area contributed by atoms with E-state index in [-0.39, 0.29) is 0 Å². The number of esters is 1. The van der Waals surface area contributed by atoms with Gasteiger partial charge in [0.05, 0.1) is 0 Å². The van der Waals surface area contributed by atoms with Crippen molar-refractivity contribution in [3.05, 3.63) is 41.3 Å². The highest BCUT2D eigenvalue weighted by molar-refractivity contribution is 7.92. The van der Waals surface area contributed by atoms with Gasteiger partial charge in [-0.3, -0.25) is 9.59 Å². The van der Waals surface area contributed by atoms with Crippen LogP contribution in [0.25, 0.3) is 6.08 Å². The molecule has 0 unspecified atom stereocenters. The van der Waals surface area contributed by atoms with Crippen molar-refractivity contribution in [3.63, 3.8) is 0 Å². The van der Waals surface area contributed by atoms with Crippen molar-refractivity contribution in [2.24, 2.45) is 0 Å². The zero-order valence-electron chi connectivity index (χ0n) is 13.9. The molecule has 0 aliphatic heterocycles. The van der Waals surface area contributed by atoms with Gasteiger partial charge in [0.2, 0.25) is 10.0 Å². The van der Waals surface area contributed by atoms with Crippen LogP contribution >= 0.6 is 0 Å². The maximum Gasteiger partial charge on any atom is 0.324 e. The number of ether oxygens (including phenoxy) is 1. The summed E-state index contributed by atoms with van der Waals surface area (Å²) in [6.07, 6.45) is 0.418. The van der Waals surface area contributed by atoms with Crippen LogP contribution in [0, 0.1) is 0 Å². The molecule has 0 aromatic heterocycles. The van der Waals surface area contributed by atoms with Crippen molar-refractivity contribution in [1.29, 1.82) is 0 Å². The number of benzene rings is 1. The van der Waals surface area contributed by atoms with Crippen molar-refractivity contribution >= 4 is 28.0 Å². The summed E-state index contributed by atoms with van der Waals surface area (Å²) in [5.41, 5.74) is 0.711. The summed E-state index contributed by atoms with van der Waals surface area (Å²) in [4.78, 5) is 23.4. The van der Waals surface area contributed by atoms with Crippen molar-refractivity contribution in [3.8, 4) is 0 Å². The third kappa shape index (κ3) is 6.93. The Balaban J connectivity index is 2.61. The molecule has 0 saturated carbocycles. The zero-order valence-corrected chi connectivity index (χ0v) is 14.7. The monoisotopic (exact) mass is 354 g/mol. The fraction of sp³-hybridized carbons (Fsp3) is 0.375. The Morgan fingerprint density at radius 3 is 2.42 bits per heavy atom. The van der Waals surface area contributed by atoms with E-state index < -0.39 is 34.0 Å². The molecule has 1 aromatic carbocycles. The van der Waals surface area contributed by atoms with Crippen LogP contribution in [0.2, 0.25) is 0 Å². The molecule has 0 radical (unpaired) electrons. The second kappa shape index (κ2) is 9.19. The van der Waals surface area contributed by atoms with Crippen LogP contribution in [0.3, 0.4) is 0 Å². The van der Waals surface area contributed by atoms with Gasteiger partial charge in [0.1, 0.15) is 6.04 Å². The predicted octanol–water partition coefficient (Wildman–Crippen LogP) is 1.03. The smallest absolute Gasteiger partial charge is 0.324 e. The standard InChI is InChI=1S/C16H22N2O5S/c1-4-17-15(19)13(3)23-16(20)12(2)18-24(21,22)11-10-14-8-6-5-7-9-14/h5-13,18H,4H2,1-3H3,(H,17,19)/b11-10+/t12-,13+/m0/s1. The predicted molar refractivity (Wildman–Crippen MR) is 91.2 cm³/mol. The fourth-order valence-electron chi connectivity index (χ4n) is 1.71. The van der Waals surface area contributed by atoms with Crippen LogP contribution in [-0.4, -0.2) is 39.0 Å². The molecule has 0 spiro atoms. The van der Waals surface area contributed by atoms with Crippen LogP contribution in [-0.2, 0) is 24.3 Å². The number of likely N-dealkylation sites (N-methyl/N-ethyl adjacent to an activating group) is 1. The molecule has 132 valence electrons. The minimum Gasteiger partial charge on any atom is -0.451 e. The van der Waals surface area contributed by atoms with Crippen LogP contribution in [0.4, 0.5) is 0 Å². The van der Waals surface area contributed by atoms with Crippen molar-refractivity contribution < 1.29 is 22.7 Å². The number of amides is 1. The molecule has 2 N–H and O–H groups in total. The fourth-order valence-corrected chi connectivity index (χ4v) is 2.72. The van der Waals surface area contributed by atoms with E-state index in [0.717, 1.165) is 5.41 Å². The Kier molecular flexibility index (Phi) is 7.60. The normalized spacial score (nSPS) is 14.1. The van der Waals surface area contributed by atoms with Gasteiger partial charge in [-0.2, -0.15) is 4.72 Å². The minimum atomic E-state index is -3.82. The Morgan fingerprint density at radius 1 is 1.21 bits per heavy atom. The van der Waals surface area contributed by atoms with Gasteiger partial charge in [0, 0.05) is 12.0 Å². The lowest BCUT2D eigenvalue weighted by molar-refractivity contribution is -0.156. The first kappa shape index (κ1) is 19.9. The summed E-state index contributed by atoms with van der Waals surface area (Å²) >= 11 is 0. The van der Waals surface area contributed by atoms with Gasteiger partial charge in [0.25, 0.3) is 5.91 Å². The average Bonchev–Trinajstić information content (AvgIpc) is 2.53. The van der Waals surface area contributed by atoms with Crippen molar-refractivity contribution in [2.45, 2.75) is 32.9 Å². The first-order valence-electron chi connectivity index (χ1n) is 7.49. The second-order valence-electron chi connectivity index (χ2n) is 5.07. The lowest BCUT2D eigenvalue weighted by atomic mass is 10.2.